The van der Waals surface area contributed by atoms with Crippen molar-refractivity contribution in [1.29, 1.82) is 0 Å². The normalized spacial score (nSPS) is 11.0. The second-order valence-corrected chi connectivity index (χ2v) is 6.13. The van der Waals surface area contributed by atoms with Gasteiger partial charge in [0.15, 0.2) is 5.75 Å². The van der Waals surface area contributed by atoms with Gasteiger partial charge < -0.3 is 4.74 Å². The Labute approximate surface area is 152 Å². The van der Waals surface area contributed by atoms with Gasteiger partial charge in [-0.15, -0.1) is 0 Å². The molecule has 0 unspecified atom stereocenters. The Morgan fingerprint density at radius 2 is 1.77 bits per heavy atom. The van der Waals surface area contributed by atoms with Crippen LogP contribution in [-0.2, 0) is 11.3 Å². The first-order valence-electron chi connectivity index (χ1n) is 8.37. The summed E-state index contributed by atoms with van der Waals surface area (Å²) in [7, 11) is 0. The van der Waals surface area contributed by atoms with E-state index in [1.165, 1.54) is 5.56 Å². The topological polar surface area (TPSA) is 51.0 Å². The van der Waals surface area contributed by atoms with Crippen LogP contribution in [-0.4, -0.2) is 5.97 Å². The van der Waals surface area contributed by atoms with Crippen molar-refractivity contribution in [3.05, 3.63) is 83.9 Å². The highest BCUT2D eigenvalue weighted by atomic mass is 16.5. The second-order valence-electron chi connectivity index (χ2n) is 6.13. The Morgan fingerprint density at radius 1 is 1.04 bits per heavy atom. The molecule has 0 atom stereocenters. The average molecular weight is 344 g/mol. The quantitative estimate of drug-likeness (QED) is 0.250. The maximum atomic E-state index is 11.9. The van der Waals surface area contributed by atoms with Crippen molar-refractivity contribution in [2.45, 2.75) is 20.4 Å². The third-order valence-electron chi connectivity index (χ3n) is 4.09. The van der Waals surface area contributed by atoms with Gasteiger partial charge in [0.2, 0.25) is 0 Å². The van der Waals surface area contributed by atoms with E-state index in [2.05, 4.69) is 16.8 Å². The molecule has 0 amide bonds. The molecule has 0 bridgehead atoms. The molecule has 4 nitrogen and oxygen atoms in total. The van der Waals surface area contributed by atoms with Gasteiger partial charge in [-0.3, -0.25) is 0 Å². The van der Waals surface area contributed by atoms with Gasteiger partial charge in [-0.2, -0.15) is 10.2 Å². The van der Waals surface area contributed by atoms with Crippen LogP contribution in [0, 0.1) is 6.92 Å². The van der Waals surface area contributed by atoms with Crippen LogP contribution in [0.3, 0.4) is 0 Å². The van der Waals surface area contributed by atoms with Gasteiger partial charge in [-0.25, -0.2) is 4.79 Å². The molecule has 0 spiro atoms. The number of nitrogens with zero attached hydrogens (tertiary/aromatic N) is 2. The molecule has 0 aliphatic carbocycles. The number of rotatable bonds is 5. The summed E-state index contributed by atoms with van der Waals surface area (Å²) in [6.07, 6.45) is 0. The summed E-state index contributed by atoms with van der Waals surface area (Å²) in [5.74, 6) is -0.0964. The Morgan fingerprint density at radius 3 is 2.54 bits per heavy atom. The number of azo groups is 1. The van der Waals surface area contributed by atoms with Gasteiger partial charge in [-0.1, -0.05) is 61.2 Å². The van der Waals surface area contributed by atoms with Gasteiger partial charge in [-0.05, 0) is 36.4 Å². The molecule has 4 heteroatoms. The molecule has 0 saturated carbocycles. The van der Waals surface area contributed by atoms with Crippen molar-refractivity contribution in [3.63, 3.8) is 0 Å². The fraction of sp³-hybridized carbons (Fsp3) is 0.136. The summed E-state index contributed by atoms with van der Waals surface area (Å²) in [4.78, 5) is 11.9. The zero-order valence-electron chi connectivity index (χ0n) is 14.9. The summed E-state index contributed by atoms with van der Waals surface area (Å²) in [6.45, 7) is 7.75. The Balaban J connectivity index is 1.98. The maximum Gasteiger partial charge on any atom is 0.338 e. The largest absolute Gasteiger partial charge is 0.421 e. The van der Waals surface area contributed by atoms with Crippen molar-refractivity contribution in [2.24, 2.45) is 10.2 Å². The summed E-state index contributed by atoms with van der Waals surface area (Å²) in [5.41, 5.74) is 3.16. The van der Waals surface area contributed by atoms with E-state index in [-0.39, 0.29) is 0 Å². The molecule has 26 heavy (non-hydrogen) atoms. The smallest absolute Gasteiger partial charge is 0.338 e. The van der Waals surface area contributed by atoms with E-state index in [0.29, 0.717) is 23.6 Å². The summed E-state index contributed by atoms with van der Waals surface area (Å²) < 4.78 is 5.45. The van der Waals surface area contributed by atoms with E-state index in [1.807, 2.05) is 61.5 Å². The molecule has 0 N–H and O–H groups in total. The highest BCUT2D eigenvalue weighted by molar-refractivity contribution is 5.97. The van der Waals surface area contributed by atoms with E-state index < -0.39 is 5.97 Å². The van der Waals surface area contributed by atoms with Crippen molar-refractivity contribution in [2.75, 3.05) is 0 Å². The summed E-state index contributed by atoms with van der Waals surface area (Å²) in [6, 6.07) is 19.5. The van der Waals surface area contributed by atoms with Gasteiger partial charge >= 0.3 is 5.97 Å². The molecule has 0 aliphatic rings. The number of ether oxygens (including phenoxy) is 1. The Kier molecular flexibility index (Phi) is 5.23. The van der Waals surface area contributed by atoms with E-state index in [4.69, 9.17) is 4.74 Å². The zero-order chi connectivity index (χ0) is 18.5. The van der Waals surface area contributed by atoms with E-state index in [9.17, 15) is 4.79 Å². The first-order chi connectivity index (χ1) is 12.6. The average Bonchev–Trinajstić information content (AvgIpc) is 2.64. The lowest BCUT2D eigenvalue weighted by Crippen LogP contribution is -2.08. The summed E-state index contributed by atoms with van der Waals surface area (Å²) in [5, 5.41) is 10.6. The van der Waals surface area contributed by atoms with Crippen molar-refractivity contribution in [3.8, 4) is 5.75 Å². The predicted octanol–water partition coefficient (Wildman–Crippen LogP) is 5.91. The number of carbonyl (C=O) groups is 1. The monoisotopic (exact) mass is 344 g/mol. The maximum absolute atomic E-state index is 11.9. The first-order valence-corrected chi connectivity index (χ1v) is 8.37. The highest BCUT2D eigenvalue weighted by Crippen LogP contribution is 2.36. The molecule has 0 heterocycles. The molecule has 0 aromatic heterocycles. The lowest BCUT2D eigenvalue weighted by Gasteiger charge is -2.09. The van der Waals surface area contributed by atoms with Crippen LogP contribution in [0.5, 0.6) is 5.75 Å². The fourth-order valence-corrected chi connectivity index (χ4v) is 2.58. The summed E-state index contributed by atoms with van der Waals surface area (Å²) >= 11 is 0. The molecule has 130 valence electrons. The zero-order valence-corrected chi connectivity index (χ0v) is 14.9. The minimum atomic E-state index is -0.476. The molecule has 0 fully saturated rings. The Bertz CT molecular complexity index is 1010. The van der Waals surface area contributed by atoms with Crippen LogP contribution in [0.1, 0.15) is 18.1 Å². The lowest BCUT2D eigenvalue weighted by molar-refractivity contribution is -0.130. The van der Waals surface area contributed by atoms with Gasteiger partial charge in [0, 0.05) is 11.0 Å². The molecule has 3 aromatic rings. The third-order valence-corrected chi connectivity index (χ3v) is 4.09. The van der Waals surface area contributed by atoms with Crippen LogP contribution >= 0.6 is 0 Å². The second kappa shape index (κ2) is 7.74. The minimum absolute atomic E-state index is 0.334. The molecule has 3 aromatic carbocycles. The molecule has 0 radical (unpaired) electrons. The number of benzene rings is 3. The molecule has 3 rings (SSSR count). The number of carbonyl (C=O) groups excluding carboxylic acids is 1. The number of esters is 1. The predicted molar refractivity (Wildman–Crippen MR) is 104 cm³/mol. The third kappa shape index (κ3) is 3.86. The minimum Gasteiger partial charge on any atom is -0.421 e. The standard InChI is InChI=1S/C22H20N2O2/c1-15(2)22(25)26-20-13-12-17-9-6-7-11-19(17)21(20)24-23-14-18-10-5-4-8-16(18)3/h4-13H,1,14H2,2-3H3. The van der Waals surface area contributed by atoms with E-state index in [0.717, 1.165) is 16.3 Å². The Hall–Kier alpha value is -3.27. The molecule has 0 saturated heterocycles. The number of fused-ring (bicyclic) bond motifs is 1. The van der Waals surface area contributed by atoms with Crippen LogP contribution in [0.15, 0.2) is 83.0 Å². The fourth-order valence-electron chi connectivity index (χ4n) is 2.58. The number of hydrogen-bond donors (Lipinski definition) is 0. The molecule has 0 aliphatic heterocycles. The van der Waals surface area contributed by atoms with Crippen LogP contribution in [0.4, 0.5) is 5.69 Å². The highest BCUT2D eigenvalue weighted by Gasteiger charge is 2.13. The number of hydrogen-bond acceptors (Lipinski definition) is 4. The number of aryl methyl sites for hydroxylation is 1. The van der Waals surface area contributed by atoms with Crippen LogP contribution in [0.25, 0.3) is 10.8 Å². The van der Waals surface area contributed by atoms with Gasteiger partial charge in [0.25, 0.3) is 0 Å². The first kappa shape index (κ1) is 17.5. The van der Waals surface area contributed by atoms with Crippen molar-refractivity contribution < 1.29 is 9.53 Å². The van der Waals surface area contributed by atoms with E-state index in [1.54, 1.807) is 13.0 Å². The van der Waals surface area contributed by atoms with E-state index >= 15 is 0 Å². The van der Waals surface area contributed by atoms with Crippen molar-refractivity contribution in [1.82, 2.24) is 0 Å². The van der Waals surface area contributed by atoms with Crippen LogP contribution in [0.2, 0.25) is 0 Å². The SMILES string of the molecule is C=C(C)C(=O)Oc1ccc2ccccc2c1N=NCc1ccccc1C. The molecular formula is C22H20N2O2. The molecular weight excluding hydrogens is 324 g/mol. The van der Waals surface area contributed by atoms with Crippen LogP contribution < -0.4 is 4.74 Å². The lowest BCUT2D eigenvalue weighted by atomic mass is 10.1. The van der Waals surface area contributed by atoms with Gasteiger partial charge in [0.1, 0.15) is 5.69 Å². The van der Waals surface area contributed by atoms with Crippen molar-refractivity contribution >= 4 is 22.4 Å². The van der Waals surface area contributed by atoms with Gasteiger partial charge in [0.05, 0.1) is 6.54 Å².